The van der Waals surface area contributed by atoms with Gasteiger partial charge in [0.05, 0.1) is 0 Å². The molecule has 4 nitrogen and oxygen atoms in total. The van der Waals surface area contributed by atoms with Crippen LogP contribution in [0.2, 0.25) is 0 Å². The summed E-state index contributed by atoms with van der Waals surface area (Å²) in [4.78, 5) is 25.0. The number of rotatable bonds is 3. The molecular weight excluding hydrogens is 216 g/mol. The minimum Gasteiger partial charge on any atom is -0.300 e. The topological polar surface area (TPSA) is 54.9 Å². The van der Waals surface area contributed by atoms with Crippen LogP contribution in [0.1, 0.15) is 11.1 Å². The third kappa shape index (κ3) is 2.72. The largest absolute Gasteiger partial charge is 0.328 e. The van der Waals surface area contributed by atoms with Crippen molar-refractivity contribution in [1.82, 2.24) is 9.55 Å². The van der Waals surface area contributed by atoms with Gasteiger partial charge < -0.3 is 0 Å². The van der Waals surface area contributed by atoms with Crippen molar-refractivity contribution in [3.8, 4) is 0 Å². The van der Waals surface area contributed by atoms with Gasteiger partial charge in [0, 0.05) is 18.3 Å². The highest BCUT2D eigenvalue weighted by Gasteiger charge is 2.00. The fourth-order valence-corrected chi connectivity index (χ4v) is 1.68. The van der Waals surface area contributed by atoms with Gasteiger partial charge in [-0.2, -0.15) is 0 Å². The van der Waals surface area contributed by atoms with Crippen LogP contribution in [0.4, 0.5) is 0 Å². The lowest BCUT2D eigenvalue weighted by atomic mass is 10.1. The fourth-order valence-electron chi connectivity index (χ4n) is 1.68. The van der Waals surface area contributed by atoms with E-state index in [1.807, 2.05) is 30.3 Å². The average Bonchev–Trinajstić information content (AvgIpc) is 2.33. The highest BCUT2D eigenvalue weighted by molar-refractivity contribution is 5.14. The van der Waals surface area contributed by atoms with Crippen molar-refractivity contribution in [2.24, 2.45) is 0 Å². The molecule has 4 heteroatoms. The summed E-state index contributed by atoms with van der Waals surface area (Å²) in [5, 5.41) is 0. The van der Waals surface area contributed by atoms with E-state index in [-0.39, 0.29) is 11.2 Å². The van der Waals surface area contributed by atoms with E-state index in [1.165, 1.54) is 10.1 Å². The Morgan fingerprint density at radius 2 is 1.88 bits per heavy atom. The summed E-state index contributed by atoms with van der Waals surface area (Å²) in [6, 6.07) is 9.93. The minimum atomic E-state index is -0.350. The number of H-pyrrole nitrogens is 1. The zero-order chi connectivity index (χ0) is 12.3. The lowest BCUT2D eigenvalue weighted by Crippen LogP contribution is -2.31. The summed E-state index contributed by atoms with van der Waals surface area (Å²) in [7, 11) is 0. The monoisotopic (exact) mass is 230 g/mol. The van der Waals surface area contributed by atoms with Crippen LogP contribution in [0.3, 0.4) is 0 Å². The first-order valence-electron chi connectivity index (χ1n) is 5.51. The molecule has 0 unspecified atom stereocenters. The maximum absolute atomic E-state index is 11.5. The van der Waals surface area contributed by atoms with Gasteiger partial charge in [-0.15, -0.1) is 0 Å². The Hall–Kier alpha value is -2.10. The number of benzene rings is 1. The Morgan fingerprint density at radius 1 is 1.18 bits per heavy atom. The molecule has 0 atom stereocenters. The molecule has 0 saturated carbocycles. The molecule has 0 spiro atoms. The highest BCUT2D eigenvalue weighted by Crippen LogP contribution is 2.00. The van der Waals surface area contributed by atoms with E-state index in [1.54, 1.807) is 13.1 Å². The zero-order valence-electron chi connectivity index (χ0n) is 9.64. The van der Waals surface area contributed by atoms with E-state index in [0.717, 1.165) is 6.42 Å². The Labute approximate surface area is 98.6 Å². The molecule has 1 N–H and O–H groups in total. The quantitative estimate of drug-likeness (QED) is 0.858. The second kappa shape index (κ2) is 4.82. The van der Waals surface area contributed by atoms with Gasteiger partial charge in [-0.25, -0.2) is 4.79 Å². The maximum Gasteiger partial charge on any atom is 0.328 e. The molecule has 0 amide bonds. The minimum absolute atomic E-state index is 0.314. The summed E-state index contributed by atoms with van der Waals surface area (Å²) in [6.07, 6.45) is 2.37. The second-order valence-corrected chi connectivity index (χ2v) is 4.00. The van der Waals surface area contributed by atoms with Crippen molar-refractivity contribution in [3.05, 3.63) is 68.5 Å². The Morgan fingerprint density at radius 3 is 2.59 bits per heavy atom. The predicted octanol–water partition coefficient (Wildman–Crippen LogP) is 1.09. The van der Waals surface area contributed by atoms with Crippen LogP contribution in [0, 0.1) is 6.92 Å². The maximum atomic E-state index is 11.5. The van der Waals surface area contributed by atoms with Crippen molar-refractivity contribution >= 4 is 0 Å². The van der Waals surface area contributed by atoms with E-state index in [9.17, 15) is 9.59 Å². The Bertz CT molecular complexity index is 611. The van der Waals surface area contributed by atoms with E-state index in [4.69, 9.17) is 0 Å². The third-order valence-corrected chi connectivity index (χ3v) is 2.67. The number of hydrogen-bond acceptors (Lipinski definition) is 2. The first-order valence-corrected chi connectivity index (χ1v) is 5.51. The Kier molecular flexibility index (Phi) is 3.23. The first kappa shape index (κ1) is 11.4. The van der Waals surface area contributed by atoms with Crippen molar-refractivity contribution in [1.29, 1.82) is 0 Å². The average molecular weight is 230 g/mol. The Balaban J connectivity index is 2.18. The van der Waals surface area contributed by atoms with E-state index in [0.29, 0.717) is 12.1 Å². The standard InChI is InChI=1S/C13H14N2O2/c1-10-9-15(13(17)14-12(10)16)8-7-11-5-3-2-4-6-11/h2-6,9H,7-8H2,1H3,(H,14,16,17). The molecule has 0 aliphatic carbocycles. The number of nitrogens with one attached hydrogen (secondary N) is 1. The van der Waals surface area contributed by atoms with Crippen LogP contribution in [-0.4, -0.2) is 9.55 Å². The second-order valence-electron chi connectivity index (χ2n) is 4.00. The number of nitrogens with zero attached hydrogens (tertiary/aromatic N) is 1. The number of aryl methyl sites for hydroxylation is 3. The molecule has 0 fully saturated rings. The summed E-state index contributed by atoms with van der Waals surface area (Å²) in [6.45, 7) is 2.26. The molecule has 0 aliphatic heterocycles. The molecule has 1 aromatic heterocycles. The van der Waals surface area contributed by atoms with Crippen LogP contribution in [0.15, 0.2) is 46.1 Å². The van der Waals surface area contributed by atoms with Crippen LogP contribution in [-0.2, 0) is 13.0 Å². The molecule has 17 heavy (non-hydrogen) atoms. The lowest BCUT2D eigenvalue weighted by molar-refractivity contribution is 0.641. The van der Waals surface area contributed by atoms with Gasteiger partial charge >= 0.3 is 5.69 Å². The third-order valence-electron chi connectivity index (χ3n) is 2.67. The normalized spacial score (nSPS) is 10.4. The number of hydrogen-bond donors (Lipinski definition) is 1. The van der Waals surface area contributed by atoms with E-state index >= 15 is 0 Å². The van der Waals surface area contributed by atoms with Gasteiger partial charge in [0.2, 0.25) is 0 Å². The smallest absolute Gasteiger partial charge is 0.300 e. The molecule has 0 aliphatic rings. The lowest BCUT2D eigenvalue weighted by Gasteiger charge is -2.05. The molecule has 1 aromatic carbocycles. The van der Waals surface area contributed by atoms with Gasteiger partial charge in [0.1, 0.15) is 0 Å². The molecule has 88 valence electrons. The van der Waals surface area contributed by atoms with E-state index in [2.05, 4.69) is 4.98 Å². The van der Waals surface area contributed by atoms with Crippen LogP contribution >= 0.6 is 0 Å². The predicted molar refractivity (Wildman–Crippen MR) is 66.2 cm³/mol. The van der Waals surface area contributed by atoms with Crippen molar-refractivity contribution < 1.29 is 0 Å². The first-order chi connectivity index (χ1) is 8.16. The molecule has 0 saturated heterocycles. The number of aromatic nitrogens is 2. The summed E-state index contributed by atoms with van der Waals surface area (Å²) >= 11 is 0. The van der Waals surface area contributed by atoms with Gasteiger partial charge in [0.15, 0.2) is 0 Å². The van der Waals surface area contributed by atoms with Gasteiger partial charge in [-0.05, 0) is 18.9 Å². The van der Waals surface area contributed by atoms with Crippen molar-refractivity contribution in [2.45, 2.75) is 19.9 Å². The molecule has 2 rings (SSSR count). The van der Waals surface area contributed by atoms with Crippen LogP contribution < -0.4 is 11.2 Å². The molecular formula is C13H14N2O2. The SMILES string of the molecule is Cc1cn(CCc2ccccc2)c(=O)[nH]c1=O. The molecule has 0 radical (unpaired) electrons. The van der Waals surface area contributed by atoms with Crippen molar-refractivity contribution in [2.75, 3.05) is 0 Å². The number of aromatic amines is 1. The zero-order valence-corrected chi connectivity index (χ0v) is 9.64. The van der Waals surface area contributed by atoms with Crippen molar-refractivity contribution in [3.63, 3.8) is 0 Å². The van der Waals surface area contributed by atoms with Gasteiger partial charge in [-0.1, -0.05) is 30.3 Å². The van der Waals surface area contributed by atoms with E-state index < -0.39 is 0 Å². The fraction of sp³-hybridized carbons (Fsp3) is 0.231. The van der Waals surface area contributed by atoms with Crippen LogP contribution in [0.25, 0.3) is 0 Å². The summed E-state index contributed by atoms with van der Waals surface area (Å²) in [5.41, 5.74) is 1.06. The summed E-state index contributed by atoms with van der Waals surface area (Å²) in [5.74, 6) is 0. The molecule has 2 aromatic rings. The van der Waals surface area contributed by atoms with Crippen LogP contribution in [0.5, 0.6) is 0 Å². The van der Waals surface area contributed by atoms with Gasteiger partial charge in [-0.3, -0.25) is 14.3 Å². The van der Waals surface area contributed by atoms with Gasteiger partial charge in [0.25, 0.3) is 5.56 Å². The molecule has 1 heterocycles. The highest BCUT2D eigenvalue weighted by atomic mass is 16.2. The summed E-state index contributed by atoms with van der Waals surface area (Å²) < 4.78 is 1.53. The molecule has 0 bridgehead atoms.